The molecule has 1 saturated carbocycles. The van der Waals surface area contributed by atoms with Crippen molar-refractivity contribution in [3.05, 3.63) is 0 Å². The third-order valence-electron chi connectivity index (χ3n) is 6.94. The van der Waals surface area contributed by atoms with E-state index < -0.39 is 0 Å². The van der Waals surface area contributed by atoms with Crippen LogP contribution in [-0.2, 0) is 0 Å². The van der Waals surface area contributed by atoms with E-state index in [4.69, 9.17) is 5.26 Å². The van der Waals surface area contributed by atoms with Crippen molar-refractivity contribution >= 4 is 11.8 Å². The Kier molecular flexibility index (Phi) is 6.32. The van der Waals surface area contributed by atoms with Crippen molar-refractivity contribution in [3.8, 4) is 5.40 Å². The van der Waals surface area contributed by atoms with Crippen LogP contribution in [0.5, 0.6) is 0 Å². The third-order valence-corrected chi connectivity index (χ3v) is 7.77. The van der Waals surface area contributed by atoms with E-state index in [1.165, 1.54) is 90.0 Å². The van der Waals surface area contributed by atoms with Gasteiger partial charge in [0.15, 0.2) is 0 Å². The Morgan fingerprint density at radius 3 is 2.83 bits per heavy atom. The molecule has 1 spiro atoms. The zero-order valence-electron chi connectivity index (χ0n) is 14.9. The summed E-state index contributed by atoms with van der Waals surface area (Å²) in [6, 6.07) is 0.809. The number of hydrogen-bond acceptors (Lipinski definition) is 3. The number of nitriles is 1. The first-order valence-electron chi connectivity index (χ1n) is 10.1. The van der Waals surface area contributed by atoms with E-state index in [2.05, 4.69) is 17.2 Å². The van der Waals surface area contributed by atoms with E-state index in [0.29, 0.717) is 10.8 Å². The van der Waals surface area contributed by atoms with Crippen molar-refractivity contribution in [2.75, 3.05) is 6.54 Å². The first-order chi connectivity index (χ1) is 11.3. The Hall–Kier alpha value is -0.200. The maximum atomic E-state index is 9.11. The number of thioether (sulfide) groups is 1. The van der Waals surface area contributed by atoms with Crippen molar-refractivity contribution in [3.63, 3.8) is 0 Å². The van der Waals surface area contributed by atoms with Gasteiger partial charge in [0.05, 0.1) is 0 Å². The van der Waals surface area contributed by atoms with Gasteiger partial charge in [0.25, 0.3) is 0 Å². The average molecular weight is 335 g/mol. The molecular weight excluding hydrogens is 300 g/mol. The maximum Gasteiger partial charge on any atom is 0.133 e. The predicted molar refractivity (Wildman–Crippen MR) is 99.4 cm³/mol. The molecule has 0 N–H and O–H groups in total. The second-order valence-corrected chi connectivity index (χ2v) is 9.23. The minimum atomic E-state index is 0.526. The van der Waals surface area contributed by atoms with E-state index in [1.54, 1.807) is 11.8 Å². The molecule has 0 aromatic rings. The smallest absolute Gasteiger partial charge is 0.133 e. The van der Waals surface area contributed by atoms with Gasteiger partial charge in [-0.25, -0.2) is 0 Å². The summed E-state index contributed by atoms with van der Waals surface area (Å²) >= 11 is 1.54. The lowest BCUT2D eigenvalue weighted by atomic mass is 9.62. The Bertz CT molecular complexity index is 418. The number of unbranched alkanes of at least 4 members (excludes halogenated alkanes) is 3. The van der Waals surface area contributed by atoms with Crippen LogP contribution in [0.1, 0.15) is 90.4 Å². The summed E-state index contributed by atoms with van der Waals surface area (Å²) < 4.78 is 0. The van der Waals surface area contributed by atoms with Crippen molar-refractivity contribution in [1.29, 1.82) is 5.26 Å². The molecule has 2 aliphatic heterocycles. The molecule has 2 saturated heterocycles. The molecule has 2 heterocycles. The summed E-state index contributed by atoms with van der Waals surface area (Å²) in [5.41, 5.74) is 0.526. The maximum absolute atomic E-state index is 9.11. The second-order valence-electron chi connectivity index (χ2n) is 8.15. The van der Waals surface area contributed by atoms with Crippen LogP contribution in [0.2, 0.25) is 0 Å². The molecule has 4 unspecified atom stereocenters. The van der Waals surface area contributed by atoms with Crippen LogP contribution in [0, 0.1) is 16.6 Å². The molecule has 0 aromatic carbocycles. The van der Waals surface area contributed by atoms with Crippen LogP contribution in [0.4, 0.5) is 0 Å². The highest BCUT2D eigenvalue weighted by atomic mass is 32.2. The van der Waals surface area contributed by atoms with Crippen molar-refractivity contribution < 1.29 is 0 Å². The van der Waals surface area contributed by atoms with Gasteiger partial charge in [0, 0.05) is 23.4 Å². The highest BCUT2D eigenvalue weighted by molar-refractivity contribution is 8.04. The van der Waals surface area contributed by atoms with Gasteiger partial charge >= 0.3 is 0 Å². The van der Waals surface area contributed by atoms with E-state index in [-0.39, 0.29) is 0 Å². The summed E-state index contributed by atoms with van der Waals surface area (Å²) in [6.07, 6.45) is 18.3. The lowest BCUT2D eigenvalue weighted by molar-refractivity contribution is -0.0926. The van der Waals surface area contributed by atoms with Gasteiger partial charge in [0.2, 0.25) is 0 Å². The highest BCUT2D eigenvalue weighted by Gasteiger charge is 2.52. The first-order valence-corrected chi connectivity index (χ1v) is 11.0. The van der Waals surface area contributed by atoms with Crippen LogP contribution in [0.3, 0.4) is 0 Å². The highest BCUT2D eigenvalue weighted by Crippen LogP contribution is 2.52. The molecule has 130 valence electrons. The Labute approximate surface area is 147 Å². The summed E-state index contributed by atoms with van der Waals surface area (Å²) in [5.74, 6) is 0.955. The molecular formula is C20H34N2S. The fourth-order valence-corrected chi connectivity index (χ4v) is 6.42. The molecule has 3 heteroatoms. The molecule has 1 aliphatic carbocycles. The van der Waals surface area contributed by atoms with Gasteiger partial charge in [-0.3, -0.25) is 4.90 Å². The number of thiocyanates is 1. The lowest BCUT2D eigenvalue weighted by Crippen LogP contribution is -2.65. The fraction of sp³-hybridized carbons (Fsp3) is 0.950. The van der Waals surface area contributed by atoms with Gasteiger partial charge < -0.3 is 0 Å². The summed E-state index contributed by atoms with van der Waals surface area (Å²) in [4.78, 5) is 2.95. The number of piperidine rings is 2. The summed E-state index contributed by atoms with van der Waals surface area (Å²) in [7, 11) is 0. The molecule has 4 atom stereocenters. The van der Waals surface area contributed by atoms with Gasteiger partial charge in [-0.05, 0) is 62.6 Å². The largest absolute Gasteiger partial charge is 0.293 e. The van der Waals surface area contributed by atoms with Gasteiger partial charge in [-0.15, -0.1) is 0 Å². The molecule has 3 aliphatic rings. The lowest BCUT2D eigenvalue weighted by Gasteiger charge is -2.61. The van der Waals surface area contributed by atoms with Crippen LogP contribution in [0.25, 0.3) is 0 Å². The monoisotopic (exact) mass is 334 g/mol. The Morgan fingerprint density at radius 2 is 2.00 bits per heavy atom. The zero-order chi connectivity index (χ0) is 16.1. The normalized spacial score (nSPS) is 37.7. The number of hydrogen-bond donors (Lipinski definition) is 0. The fourth-order valence-electron chi connectivity index (χ4n) is 5.80. The minimum Gasteiger partial charge on any atom is -0.293 e. The van der Waals surface area contributed by atoms with E-state index >= 15 is 0 Å². The first kappa shape index (κ1) is 17.6. The molecule has 23 heavy (non-hydrogen) atoms. The molecule has 0 radical (unpaired) electrons. The quantitative estimate of drug-likeness (QED) is 0.458. The van der Waals surface area contributed by atoms with Crippen LogP contribution in [0.15, 0.2) is 0 Å². The van der Waals surface area contributed by atoms with E-state index in [1.807, 2.05) is 0 Å². The SMILES string of the molecule is CCCCCCC1CCC2CCCCC23CCC(SC#N)CN13. The van der Waals surface area contributed by atoms with Crippen molar-refractivity contribution in [2.24, 2.45) is 5.92 Å². The summed E-state index contributed by atoms with van der Waals surface area (Å²) in [6.45, 7) is 3.49. The molecule has 0 bridgehead atoms. The van der Waals surface area contributed by atoms with E-state index in [9.17, 15) is 0 Å². The standard InChI is InChI=1S/C20H34N2S/c1-2-3-4-5-9-18-11-10-17-8-6-7-13-20(17)14-12-19(23-16-21)15-22(18)20/h17-19H,2-15H2,1H3. The van der Waals surface area contributed by atoms with Crippen LogP contribution in [-0.4, -0.2) is 28.3 Å². The summed E-state index contributed by atoms with van der Waals surface area (Å²) in [5, 5.41) is 12.0. The van der Waals surface area contributed by atoms with Crippen molar-refractivity contribution in [1.82, 2.24) is 4.90 Å². The molecule has 2 nitrogen and oxygen atoms in total. The molecule has 0 amide bonds. The predicted octanol–water partition coefficient (Wildman–Crippen LogP) is 5.73. The van der Waals surface area contributed by atoms with Crippen LogP contribution >= 0.6 is 11.8 Å². The zero-order valence-corrected chi connectivity index (χ0v) is 15.8. The average Bonchev–Trinajstić information content (AvgIpc) is 2.58. The molecule has 0 aromatic heterocycles. The molecule has 3 rings (SSSR count). The van der Waals surface area contributed by atoms with Gasteiger partial charge in [-0.1, -0.05) is 45.4 Å². The van der Waals surface area contributed by atoms with Gasteiger partial charge in [-0.2, -0.15) is 5.26 Å². The van der Waals surface area contributed by atoms with Gasteiger partial charge in [0.1, 0.15) is 5.40 Å². The number of nitrogens with zero attached hydrogens (tertiary/aromatic N) is 2. The minimum absolute atomic E-state index is 0.526. The Morgan fingerprint density at radius 1 is 1.09 bits per heavy atom. The second kappa shape index (κ2) is 8.26. The number of rotatable bonds is 6. The Balaban J connectivity index is 1.70. The third kappa shape index (κ3) is 3.74. The van der Waals surface area contributed by atoms with Crippen LogP contribution < -0.4 is 0 Å². The molecule has 3 fully saturated rings. The topological polar surface area (TPSA) is 27.0 Å². The van der Waals surface area contributed by atoms with Crippen molar-refractivity contribution in [2.45, 2.75) is 107 Å². The van der Waals surface area contributed by atoms with E-state index in [0.717, 1.165) is 12.0 Å².